The highest BCUT2D eigenvalue weighted by atomic mass is 79.9. The minimum atomic E-state index is 0.0891. The van der Waals surface area contributed by atoms with E-state index in [1.165, 1.54) is 4.88 Å². The van der Waals surface area contributed by atoms with Gasteiger partial charge in [-0.3, -0.25) is 11.3 Å². The third-order valence-electron chi connectivity index (χ3n) is 2.51. The maximum absolute atomic E-state index is 6.14. The monoisotopic (exact) mass is 330 g/mol. The van der Waals surface area contributed by atoms with E-state index in [0.717, 1.165) is 21.5 Å². The highest BCUT2D eigenvalue weighted by Crippen LogP contribution is 2.29. The van der Waals surface area contributed by atoms with Gasteiger partial charge in [0.05, 0.1) is 6.04 Å². The van der Waals surface area contributed by atoms with Gasteiger partial charge in [0.25, 0.3) is 0 Å². The molecule has 0 aliphatic carbocycles. The zero-order valence-electron chi connectivity index (χ0n) is 8.99. The van der Waals surface area contributed by atoms with Crippen LogP contribution in [0.15, 0.2) is 40.2 Å². The van der Waals surface area contributed by atoms with E-state index >= 15 is 0 Å². The molecule has 2 nitrogen and oxygen atoms in total. The first-order chi connectivity index (χ1) is 8.20. The molecule has 1 atom stereocenters. The molecular formula is C12H12BrClN2S. The van der Waals surface area contributed by atoms with E-state index in [1.54, 1.807) is 11.3 Å². The van der Waals surface area contributed by atoms with Gasteiger partial charge in [-0.25, -0.2) is 0 Å². The molecular weight excluding hydrogens is 320 g/mol. The molecule has 5 heteroatoms. The molecule has 0 aliphatic rings. The van der Waals surface area contributed by atoms with Gasteiger partial charge in [0.15, 0.2) is 0 Å². The average molecular weight is 332 g/mol. The molecule has 3 N–H and O–H groups in total. The molecule has 0 saturated carbocycles. The molecule has 1 heterocycles. The van der Waals surface area contributed by atoms with E-state index < -0.39 is 0 Å². The van der Waals surface area contributed by atoms with Gasteiger partial charge < -0.3 is 0 Å². The Hall–Kier alpha value is -0.390. The molecule has 0 fully saturated rings. The number of nitrogens with one attached hydrogen (secondary N) is 1. The van der Waals surface area contributed by atoms with E-state index in [9.17, 15) is 0 Å². The van der Waals surface area contributed by atoms with Crippen molar-refractivity contribution in [3.05, 3.63) is 55.6 Å². The number of hydrogen-bond acceptors (Lipinski definition) is 3. The SMILES string of the molecule is NNC(Cc1ccccc1Cl)c1cc(Br)cs1. The zero-order chi connectivity index (χ0) is 12.3. The van der Waals surface area contributed by atoms with E-state index in [1.807, 2.05) is 29.6 Å². The molecule has 2 rings (SSSR count). The quantitative estimate of drug-likeness (QED) is 0.658. The summed E-state index contributed by atoms with van der Waals surface area (Å²) in [5, 5.41) is 2.83. The van der Waals surface area contributed by atoms with E-state index in [2.05, 4.69) is 27.4 Å². The summed E-state index contributed by atoms with van der Waals surface area (Å²) in [6.07, 6.45) is 0.781. The standard InChI is InChI=1S/C12H12BrClN2S/c13-9-6-12(17-7-9)11(16-15)5-8-3-1-2-4-10(8)14/h1-4,6-7,11,16H,5,15H2. The predicted molar refractivity (Wildman–Crippen MR) is 77.2 cm³/mol. The Morgan fingerprint density at radius 2 is 2.18 bits per heavy atom. The van der Waals surface area contributed by atoms with Crippen LogP contribution in [0.5, 0.6) is 0 Å². The van der Waals surface area contributed by atoms with Crippen molar-refractivity contribution in [1.82, 2.24) is 5.43 Å². The van der Waals surface area contributed by atoms with E-state index in [0.29, 0.717) is 0 Å². The maximum Gasteiger partial charge on any atom is 0.0594 e. The van der Waals surface area contributed by atoms with Crippen molar-refractivity contribution in [1.29, 1.82) is 0 Å². The number of halogens is 2. The second-order valence-corrected chi connectivity index (χ2v) is 5.95. The van der Waals surface area contributed by atoms with Crippen LogP contribution in [0.3, 0.4) is 0 Å². The summed E-state index contributed by atoms with van der Waals surface area (Å²) in [6.45, 7) is 0. The number of thiophene rings is 1. The summed E-state index contributed by atoms with van der Waals surface area (Å²) < 4.78 is 1.08. The first-order valence-electron chi connectivity index (χ1n) is 5.14. The second-order valence-electron chi connectivity index (χ2n) is 3.68. The third-order valence-corrected chi connectivity index (χ3v) is 4.69. The summed E-state index contributed by atoms with van der Waals surface area (Å²) in [6, 6.07) is 10.00. The Balaban J connectivity index is 2.18. The van der Waals surface area contributed by atoms with Crippen LogP contribution in [-0.4, -0.2) is 0 Å². The predicted octanol–water partition coefficient (Wildman–Crippen LogP) is 3.91. The highest BCUT2D eigenvalue weighted by molar-refractivity contribution is 9.10. The molecule has 1 aromatic carbocycles. The molecule has 0 saturated heterocycles. The fourth-order valence-electron chi connectivity index (χ4n) is 1.64. The van der Waals surface area contributed by atoms with Gasteiger partial charge in [0, 0.05) is 19.8 Å². The zero-order valence-corrected chi connectivity index (χ0v) is 12.1. The van der Waals surface area contributed by atoms with Gasteiger partial charge in [-0.05, 0) is 40.0 Å². The van der Waals surface area contributed by atoms with Gasteiger partial charge in [-0.15, -0.1) is 11.3 Å². The molecule has 0 amide bonds. The average Bonchev–Trinajstić information content (AvgIpc) is 2.75. The van der Waals surface area contributed by atoms with E-state index in [4.69, 9.17) is 17.4 Å². The normalized spacial score (nSPS) is 12.6. The van der Waals surface area contributed by atoms with Gasteiger partial charge in [-0.2, -0.15) is 0 Å². The van der Waals surface area contributed by atoms with Crippen LogP contribution in [0, 0.1) is 0 Å². The molecule has 0 radical (unpaired) electrons. The van der Waals surface area contributed by atoms with Crippen LogP contribution in [0.1, 0.15) is 16.5 Å². The van der Waals surface area contributed by atoms with Crippen LogP contribution in [0.4, 0.5) is 0 Å². The van der Waals surface area contributed by atoms with Gasteiger partial charge in [0.2, 0.25) is 0 Å². The largest absolute Gasteiger partial charge is 0.271 e. The minimum Gasteiger partial charge on any atom is -0.271 e. The summed E-state index contributed by atoms with van der Waals surface area (Å²) >= 11 is 11.3. The van der Waals surface area contributed by atoms with Crippen molar-refractivity contribution >= 4 is 38.9 Å². The molecule has 0 aliphatic heterocycles. The first kappa shape index (κ1) is 13.1. The molecule has 17 heavy (non-hydrogen) atoms. The first-order valence-corrected chi connectivity index (χ1v) is 7.19. The number of benzene rings is 1. The molecule has 90 valence electrons. The molecule has 0 bridgehead atoms. The van der Waals surface area contributed by atoms with Crippen molar-refractivity contribution in [2.24, 2.45) is 5.84 Å². The third kappa shape index (κ3) is 3.30. The molecule has 0 spiro atoms. The second kappa shape index (κ2) is 5.98. The number of rotatable bonds is 4. The lowest BCUT2D eigenvalue weighted by atomic mass is 10.1. The molecule has 1 unspecified atom stereocenters. The maximum atomic E-state index is 6.14. The fourth-order valence-corrected chi connectivity index (χ4v) is 3.36. The Bertz CT molecular complexity index is 501. The smallest absolute Gasteiger partial charge is 0.0594 e. The molecule has 1 aromatic heterocycles. The van der Waals surface area contributed by atoms with Crippen molar-refractivity contribution < 1.29 is 0 Å². The van der Waals surface area contributed by atoms with Crippen molar-refractivity contribution in [2.45, 2.75) is 12.5 Å². The lowest BCUT2D eigenvalue weighted by Gasteiger charge is -2.15. The minimum absolute atomic E-state index is 0.0891. The van der Waals surface area contributed by atoms with E-state index in [-0.39, 0.29) is 6.04 Å². The van der Waals surface area contributed by atoms with Crippen molar-refractivity contribution in [3.63, 3.8) is 0 Å². The Morgan fingerprint density at radius 1 is 1.41 bits per heavy atom. The topological polar surface area (TPSA) is 38.0 Å². The Kier molecular flexibility index (Phi) is 4.59. The van der Waals surface area contributed by atoms with Crippen LogP contribution in [0.2, 0.25) is 5.02 Å². The van der Waals surface area contributed by atoms with Gasteiger partial charge >= 0.3 is 0 Å². The Morgan fingerprint density at radius 3 is 2.76 bits per heavy atom. The van der Waals surface area contributed by atoms with Gasteiger partial charge in [0.1, 0.15) is 0 Å². The lowest BCUT2D eigenvalue weighted by Crippen LogP contribution is -2.29. The van der Waals surface area contributed by atoms with Gasteiger partial charge in [-0.1, -0.05) is 29.8 Å². The number of nitrogens with two attached hydrogens (primary N) is 1. The summed E-state index contributed by atoms with van der Waals surface area (Å²) in [4.78, 5) is 1.19. The Labute approximate surface area is 118 Å². The summed E-state index contributed by atoms with van der Waals surface area (Å²) in [5.41, 5.74) is 3.94. The van der Waals surface area contributed by atoms with Crippen LogP contribution in [-0.2, 0) is 6.42 Å². The molecule has 2 aromatic rings. The summed E-state index contributed by atoms with van der Waals surface area (Å²) in [5.74, 6) is 5.61. The number of hydrazine groups is 1. The highest BCUT2D eigenvalue weighted by Gasteiger charge is 2.14. The fraction of sp³-hybridized carbons (Fsp3) is 0.167. The van der Waals surface area contributed by atoms with Crippen molar-refractivity contribution in [3.8, 4) is 0 Å². The van der Waals surface area contributed by atoms with Crippen LogP contribution in [0.25, 0.3) is 0 Å². The van der Waals surface area contributed by atoms with Crippen LogP contribution >= 0.6 is 38.9 Å². The lowest BCUT2D eigenvalue weighted by molar-refractivity contribution is 0.560. The van der Waals surface area contributed by atoms with Crippen LogP contribution < -0.4 is 11.3 Å². The number of hydrogen-bond donors (Lipinski definition) is 2. The summed E-state index contributed by atoms with van der Waals surface area (Å²) in [7, 11) is 0. The van der Waals surface area contributed by atoms with Crippen molar-refractivity contribution in [2.75, 3.05) is 0 Å².